The molecule has 21 heavy (non-hydrogen) atoms. The summed E-state index contributed by atoms with van der Waals surface area (Å²) in [6.45, 7) is 3.31. The molecule has 2 heterocycles. The number of nitrogens with one attached hydrogen (secondary N) is 1. The molecule has 0 aliphatic carbocycles. The van der Waals surface area contributed by atoms with E-state index in [0.29, 0.717) is 17.9 Å². The molecule has 1 aromatic rings. The number of amides is 1. The molecule has 4 nitrogen and oxygen atoms in total. The number of hydrogen-bond donors (Lipinski definition) is 2. The molecule has 1 aromatic carbocycles. The van der Waals surface area contributed by atoms with Gasteiger partial charge in [-0.05, 0) is 43.9 Å². The third-order valence-corrected chi connectivity index (χ3v) is 4.60. The van der Waals surface area contributed by atoms with Crippen LogP contribution in [0, 0.1) is 11.7 Å². The quantitative estimate of drug-likeness (QED) is 0.876. The second-order valence-corrected chi connectivity index (χ2v) is 6.09. The van der Waals surface area contributed by atoms with E-state index in [4.69, 9.17) is 0 Å². The van der Waals surface area contributed by atoms with E-state index in [1.807, 2.05) is 0 Å². The Labute approximate surface area is 124 Å². The van der Waals surface area contributed by atoms with E-state index in [2.05, 4.69) is 10.2 Å². The van der Waals surface area contributed by atoms with Gasteiger partial charge >= 0.3 is 0 Å². The summed E-state index contributed by atoms with van der Waals surface area (Å²) in [6.07, 6.45) is 1.69. The molecule has 0 radical (unpaired) electrons. The monoisotopic (exact) mass is 292 g/mol. The van der Waals surface area contributed by atoms with E-state index in [1.165, 1.54) is 12.1 Å². The van der Waals surface area contributed by atoms with Crippen LogP contribution in [-0.4, -0.2) is 30.1 Å². The lowest BCUT2D eigenvalue weighted by Crippen LogP contribution is -2.54. The molecule has 0 aromatic heterocycles. The van der Waals surface area contributed by atoms with E-state index < -0.39 is 6.10 Å². The lowest BCUT2D eigenvalue weighted by atomic mass is 9.84. The lowest BCUT2D eigenvalue weighted by molar-refractivity contribution is -0.124. The van der Waals surface area contributed by atoms with Gasteiger partial charge in [0.15, 0.2) is 0 Å². The average Bonchev–Trinajstić information content (AvgIpc) is 2.46. The number of hydrogen-bond acceptors (Lipinski definition) is 3. The minimum atomic E-state index is -0.695. The van der Waals surface area contributed by atoms with Crippen molar-refractivity contribution in [3.8, 4) is 0 Å². The van der Waals surface area contributed by atoms with Gasteiger partial charge in [0.05, 0.1) is 6.10 Å². The summed E-state index contributed by atoms with van der Waals surface area (Å²) in [5, 5.41) is 12.9. The third-order valence-electron chi connectivity index (χ3n) is 4.60. The molecular formula is C16H21FN2O2. The van der Waals surface area contributed by atoms with Gasteiger partial charge in [0, 0.05) is 36.8 Å². The van der Waals surface area contributed by atoms with Gasteiger partial charge in [-0.2, -0.15) is 0 Å². The molecule has 2 aliphatic rings. The van der Waals surface area contributed by atoms with E-state index in [0.717, 1.165) is 31.6 Å². The Kier molecular flexibility index (Phi) is 3.85. The zero-order valence-corrected chi connectivity index (χ0v) is 12.2. The summed E-state index contributed by atoms with van der Waals surface area (Å²) < 4.78 is 13.4. The zero-order chi connectivity index (χ0) is 15.0. The van der Waals surface area contributed by atoms with Gasteiger partial charge in [-0.15, -0.1) is 0 Å². The molecule has 0 spiro atoms. The second-order valence-electron chi connectivity index (χ2n) is 6.09. The highest BCUT2D eigenvalue weighted by molar-refractivity contribution is 5.77. The molecule has 3 unspecified atom stereocenters. The van der Waals surface area contributed by atoms with Gasteiger partial charge in [0.2, 0.25) is 5.91 Å². The Bertz CT molecular complexity index is 547. The van der Waals surface area contributed by atoms with E-state index >= 15 is 0 Å². The number of aliphatic hydroxyl groups is 1. The fourth-order valence-corrected chi connectivity index (χ4v) is 3.48. The van der Waals surface area contributed by atoms with Crippen LogP contribution in [0.4, 0.5) is 10.1 Å². The van der Waals surface area contributed by atoms with Crippen molar-refractivity contribution in [2.45, 2.75) is 38.3 Å². The first-order chi connectivity index (χ1) is 10.0. The van der Waals surface area contributed by atoms with Crippen LogP contribution in [0.25, 0.3) is 0 Å². The van der Waals surface area contributed by atoms with Crippen LogP contribution in [0.2, 0.25) is 0 Å². The average molecular weight is 292 g/mol. The summed E-state index contributed by atoms with van der Waals surface area (Å²) in [6, 6.07) is 4.86. The van der Waals surface area contributed by atoms with Crippen molar-refractivity contribution in [3.63, 3.8) is 0 Å². The molecule has 114 valence electrons. The number of fused-ring (bicyclic) bond motifs is 1. The number of nitrogens with zero attached hydrogens (tertiary/aromatic N) is 1. The molecule has 5 heteroatoms. The van der Waals surface area contributed by atoms with Gasteiger partial charge in [-0.3, -0.25) is 4.79 Å². The van der Waals surface area contributed by atoms with Gasteiger partial charge in [0.25, 0.3) is 0 Å². The first-order valence-electron chi connectivity index (χ1n) is 7.56. The smallest absolute Gasteiger partial charge is 0.220 e. The van der Waals surface area contributed by atoms with Crippen LogP contribution in [-0.2, 0) is 4.79 Å². The van der Waals surface area contributed by atoms with Crippen LogP contribution < -0.4 is 10.2 Å². The molecule has 3 rings (SSSR count). The molecule has 2 aliphatic heterocycles. The number of carbonyl (C=O) groups is 1. The Balaban J connectivity index is 1.81. The maximum Gasteiger partial charge on any atom is 0.220 e. The number of carbonyl (C=O) groups excluding carboxylic acids is 1. The van der Waals surface area contributed by atoms with Crippen molar-refractivity contribution in [1.82, 2.24) is 5.32 Å². The Hall–Kier alpha value is -1.62. The van der Waals surface area contributed by atoms with Crippen molar-refractivity contribution in [2.75, 3.05) is 18.0 Å². The SMILES string of the molecule is CC(O)c1cc(F)ccc1N1CCC2NC(=O)CCC2C1. The molecule has 3 atom stereocenters. The van der Waals surface area contributed by atoms with E-state index in [1.54, 1.807) is 13.0 Å². The van der Waals surface area contributed by atoms with Gasteiger partial charge < -0.3 is 15.3 Å². The van der Waals surface area contributed by atoms with Gasteiger partial charge in [-0.1, -0.05) is 0 Å². The number of aliphatic hydroxyl groups excluding tert-OH is 1. The number of rotatable bonds is 2. The maximum absolute atomic E-state index is 13.4. The van der Waals surface area contributed by atoms with Crippen LogP contribution >= 0.6 is 0 Å². The second kappa shape index (κ2) is 5.64. The zero-order valence-electron chi connectivity index (χ0n) is 12.2. The highest BCUT2D eigenvalue weighted by Gasteiger charge is 2.34. The fraction of sp³-hybridized carbons (Fsp3) is 0.562. The number of benzene rings is 1. The normalized spacial score (nSPS) is 27.0. The molecular weight excluding hydrogens is 271 g/mol. The molecule has 0 bridgehead atoms. The molecule has 2 fully saturated rings. The van der Waals surface area contributed by atoms with Gasteiger partial charge in [0.1, 0.15) is 5.82 Å². The van der Waals surface area contributed by atoms with Crippen molar-refractivity contribution in [3.05, 3.63) is 29.6 Å². The highest BCUT2D eigenvalue weighted by Crippen LogP contribution is 2.33. The summed E-state index contributed by atoms with van der Waals surface area (Å²) in [7, 11) is 0. The van der Waals surface area contributed by atoms with Crippen molar-refractivity contribution < 1.29 is 14.3 Å². The Morgan fingerprint density at radius 2 is 2.24 bits per heavy atom. The maximum atomic E-state index is 13.4. The predicted molar refractivity (Wildman–Crippen MR) is 78.5 cm³/mol. The summed E-state index contributed by atoms with van der Waals surface area (Å²) >= 11 is 0. The van der Waals surface area contributed by atoms with Gasteiger partial charge in [-0.25, -0.2) is 4.39 Å². The minimum absolute atomic E-state index is 0.149. The summed E-state index contributed by atoms with van der Waals surface area (Å²) in [5.74, 6) is 0.258. The molecule has 2 saturated heterocycles. The van der Waals surface area contributed by atoms with Crippen molar-refractivity contribution in [1.29, 1.82) is 0 Å². The Morgan fingerprint density at radius 1 is 1.43 bits per heavy atom. The van der Waals surface area contributed by atoms with Crippen molar-refractivity contribution in [2.24, 2.45) is 5.92 Å². The first-order valence-corrected chi connectivity index (χ1v) is 7.56. The number of halogens is 1. The lowest BCUT2D eigenvalue weighted by Gasteiger charge is -2.43. The number of anilines is 1. The first kappa shape index (κ1) is 14.3. The largest absolute Gasteiger partial charge is 0.389 e. The number of piperidine rings is 2. The fourth-order valence-electron chi connectivity index (χ4n) is 3.48. The minimum Gasteiger partial charge on any atom is -0.389 e. The molecule has 2 N–H and O–H groups in total. The molecule has 0 saturated carbocycles. The van der Waals surface area contributed by atoms with Crippen LogP contribution in [0.3, 0.4) is 0 Å². The predicted octanol–water partition coefficient (Wildman–Crippen LogP) is 1.98. The van der Waals surface area contributed by atoms with Crippen LogP contribution in [0.1, 0.15) is 37.9 Å². The van der Waals surface area contributed by atoms with Crippen LogP contribution in [0.15, 0.2) is 18.2 Å². The highest BCUT2D eigenvalue weighted by atomic mass is 19.1. The topological polar surface area (TPSA) is 52.6 Å². The summed E-state index contributed by atoms with van der Waals surface area (Å²) in [4.78, 5) is 13.7. The molecule has 1 amide bonds. The summed E-state index contributed by atoms with van der Waals surface area (Å²) in [5.41, 5.74) is 1.54. The third kappa shape index (κ3) is 2.88. The Morgan fingerprint density at radius 3 is 3.00 bits per heavy atom. The van der Waals surface area contributed by atoms with E-state index in [9.17, 15) is 14.3 Å². The standard InChI is InChI=1S/C16H21FN2O2/c1-10(20)13-8-12(17)3-4-15(13)19-7-6-14-11(9-19)2-5-16(21)18-14/h3-4,8,10-11,14,20H,2,5-7,9H2,1H3,(H,18,21). The van der Waals surface area contributed by atoms with Crippen molar-refractivity contribution >= 4 is 11.6 Å². The van der Waals surface area contributed by atoms with Crippen LogP contribution in [0.5, 0.6) is 0 Å². The van der Waals surface area contributed by atoms with E-state index in [-0.39, 0.29) is 17.8 Å².